The van der Waals surface area contributed by atoms with Crippen LogP contribution < -0.4 is 15.6 Å². The first-order valence-electron chi connectivity index (χ1n) is 9.40. The summed E-state index contributed by atoms with van der Waals surface area (Å²) in [5.41, 5.74) is 7.28. The Morgan fingerprint density at radius 2 is 1.77 bits per heavy atom. The zero-order valence-electron chi connectivity index (χ0n) is 16.4. The first kappa shape index (κ1) is 19.7. The van der Waals surface area contributed by atoms with Crippen LogP contribution in [0, 0.1) is 0 Å². The minimum absolute atomic E-state index is 0.102. The number of benzene rings is 2. The summed E-state index contributed by atoms with van der Waals surface area (Å²) in [6.45, 7) is 3.94. The van der Waals surface area contributed by atoms with E-state index in [-0.39, 0.29) is 11.8 Å². The zero-order chi connectivity index (χ0) is 21.1. The van der Waals surface area contributed by atoms with E-state index in [4.69, 9.17) is 4.74 Å². The summed E-state index contributed by atoms with van der Waals surface area (Å²) in [4.78, 5) is 32.2. The molecule has 0 bridgehead atoms. The number of fused-ring (bicyclic) bond motifs is 1. The Labute approximate surface area is 177 Å². The molecule has 2 aromatic heterocycles. The van der Waals surface area contributed by atoms with E-state index in [0.29, 0.717) is 10.6 Å². The Hall–Kier alpha value is -3.65. The third-order valence-corrected chi connectivity index (χ3v) is 5.22. The Bertz CT molecular complexity index is 1190. The third-order valence-electron chi connectivity index (χ3n) is 4.33. The number of nitrogens with one attached hydrogen (secondary N) is 3. The van der Waals surface area contributed by atoms with Crippen molar-refractivity contribution in [2.24, 2.45) is 0 Å². The largest absolute Gasteiger partial charge is 0.491 e. The predicted octanol–water partition coefficient (Wildman–Crippen LogP) is 4.15. The van der Waals surface area contributed by atoms with Crippen LogP contribution in [0.15, 0.2) is 60.1 Å². The van der Waals surface area contributed by atoms with Crippen LogP contribution in [0.2, 0.25) is 0 Å². The summed E-state index contributed by atoms with van der Waals surface area (Å²) in [7, 11) is 0. The number of carbonyl (C=O) groups excluding carboxylic acids is 2. The van der Waals surface area contributed by atoms with Crippen LogP contribution in [0.25, 0.3) is 21.5 Å². The van der Waals surface area contributed by atoms with Crippen molar-refractivity contribution in [1.29, 1.82) is 0 Å². The molecule has 0 aliphatic heterocycles. The fraction of sp³-hybridized carbons (Fsp3) is 0.136. The van der Waals surface area contributed by atoms with E-state index in [2.05, 4.69) is 20.8 Å². The minimum atomic E-state index is -0.481. The van der Waals surface area contributed by atoms with E-state index in [1.807, 2.05) is 62.4 Å². The third kappa shape index (κ3) is 4.18. The average molecular weight is 420 g/mol. The molecule has 0 atom stereocenters. The van der Waals surface area contributed by atoms with Crippen molar-refractivity contribution in [3.05, 3.63) is 71.4 Å². The molecule has 0 fully saturated rings. The number of H-pyrrole nitrogens is 1. The number of hydrogen-bond donors (Lipinski definition) is 3. The Kier molecular flexibility index (Phi) is 5.49. The van der Waals surface area contributed by atoms with Crippen molar-refractivity contribution in [2.75, 3.05) is 0 Å². The molecule has 2 heterocycles. The van der Waals surface area contributed by atoms with Gasteiger partial charge >= 0.3 is 0 Å². The fourth-order valence-corrected chi connectivity index (χ4v) is 3.77. The maximum absolute atomic E-state index is 12.4. The standard InChI is InChI=1S/C22H20N4O3S/c1-13(2)29-15-9-7-14(8-10-15)22-24-19(12-30-22)21(28)26-25-20(27)17-11-23-18-6-4-3-5-16(17)18/h3-13,23H,1-2H3,(H,25,27)(H,26,28). The van der Waals surface area contributed by atoms with Gasteiger partial charge in [-0.05, 0) is 44.2 Å². The molecule has 8 heteroatoms. The SMILES string of the molecule is CC(C)Oc1ccc(-c2nc(C(=O)NNC(=O)c3c[nH]c4ccccc34)cs2)cc1. The molecule has 2 aromatic carbocycles. The van der Waals surface area contributed by atoms with Gasteiger partial charge in [0.2, 0.25) is 0 Å². The van der Waals surface area contributed by atoms with Gasteiger partial charge in [0.25, 0.3) is 11.8 Å². The molecule has 0 radical (unpaired) electrons. The van der Waals surface area contributed by atoms with Crippen molar-refractivity contribution in [2.45, 2.75) is 20.0 Å². The quantitative estimate of drug-likeness (QED) is 0.423. The number of hydrogen-bond acceptors (Lipinski definition) is 5. The monoisotopic (exact) mass is 420 g/mol. The molecule has 0 saturated heterocycles. The van der Waals surface area contributed by atoms with Gasteiger partial charge in [-0.1, -0.05) is 18.2 Å². The molecule has 0 unspecified atom stereocenters. The van der Waals surface area contributed by atoms with E-state index < -0.39 is 11.8 Å². The highest BCUT2D eigenvalue weighted by Crippen LogP contribution is 2.26. The maximum atomic E-state index is 12.4. The molecular formula is C22H20N4O3S. The van der Waals surface area contributed by atoms with Crippen LogP contribution in [-0.2, 0) is 0 Å². The van der Waals surface area contributed by atoms with Crippen molar-refractivity contribution < 1.29 is 14.3 Å². The second-order valence-electron chi connectivity index (χ2n) is 6.89. The average Bonchev–Trinajstić information content (AvgIpc) is 3.39. The van der Waals surface area contributed by atoms with Crippen molar-refractivity contribution in [3.63, 3.8) is 0 Å². The van der Waals surface area contributed by atoms with Crippen molar-refractivity contribution >= 4 is 34.1 Å². The fourth-order valence-electron chi connectivity index (χ4n) is 2.96. The number of thiazole rings is 1. The summed E-state index contributed by atoms with van der Waals surface area (Å²) in [5.74, 6) is -0.106. The van der Waals surface area contributed by atoms with Crippen LogP contribution in [0.4, 0.5) is 0 Å². The Morgan fingerprint density at radius 1 is 1.03 bits per heavy atom. The highest BCUT2D eigenvalue weighted by atomic mass is 32.1. The highest BCUT2D eigenvalue weighted by molar-refractivity contribution is 7.13. The number of aromatic nitrogens is 2. The lowest BCUT2D eigenvalue weighted by Gasteiger charge is -2.09. The first-order valence-corrected chi connectivity index (χ1v) is 10.3. The molecule has 30 heavy (non-hydrogen) atoms. The molecular weight excluding hydrogens is 400 g/mol. The number of hydrazine groups is 1. The van der Waals surface area contributed by atoms with Crippen molar-refractivity contribution in [1.82, 2.24) is 20.8 Å². The molecule has 0 saturated carbocycles. The van der Waals surface area contributed by atoms with Crippen LogP contribution >= 0.6 is 11.3 Å². The minimum Gasteiger partial charge on any atom is -0.491 e. The molecule has 7 nitrogen and oxygen atoms in total. The second kappa shape index (κ2) is 8.38. The lowest BCUT2D eigenvalue weighted by Crippen LogP contribution is -2.41. The van der Waals surface area contributed by atoms with E-state index in [1.54, 1.807) is 11.6 Å². The summed E-state index contributed by atoms with van der Waals surface area (Å²) in [5, 5.41) is 3.14. The van der Waals surface area contributed by atoms with Gasteiger partial charge < -0.3 is 9.72 Å². The van der Waals surface area contributed by atoms with Crippen molar-refractivity contribution in [3.8, 4) is 16.3 Å². The Balaban J connectivity index is 1.40. The van der Waals surface area contributed by atoms with Gasteiger partial charge in [0.15, 0.2) is 0 Å². The number of ether oxygens (including phenoxy) is 1. The van der Waals surface area contributed by atoms with Crippen LogP contribution in [0.5, 0.6) is 5.75 Å². The number of aromatic amines is 1. The number of para-hydroxylation sites is 1. The number of carbonyl (C=O) groups is 2. The number of nitrogens with zero attached hydrogens (tertiary/aromatic N) is 1. The molecule has 3 N–H and O–H groups in total. The lowest BCUT2D eigenvalue weighted by molar-refractivity contribution is 0.0845. The molecule has 2 amide bonds. The lowest BCUT2D eigenvalue weighted by atomic mass is 10.2. The normalized spacial score (nSPS) is 10.9. The highest BCUT2D eigenvalue weighted by Gasteiger charge is 2.15. The topological polar surface area (TPSA) is 96.1 Å². The van der Waals surface area contributed by atoms with Gasteiger partial charge in [-0.2, -0.15) is 0 Å². The van der Waals surface area contributed by atoms with Gasteiger partial charge in [-0.25, -0.2) is 4.98 Å². The first-order chi connectivity index (χ1) is 14.5. The summed E-state index contributed by atoms with van der Waals surface area (Å²) in [6.07, 6.45) is 1.71. The molecule has 4 aromatic rings. The number of rotatable bonds is 5. The summed E-state index contributed by atoms with van der Waals surface area (Å²) in [6, 6.07) is 15.0. The molecule has 0 aliphatic carbocycles. The van der Waals surface area contributed by atoms with Gasteiger partial charge in [0, 0.05) is 28.0 Å². The number of amides is 2. The second-order valence-corrected chi connectivity index (χ2v) is 7.74. The van der Waals surface area contributed by atoms with Crippen LogP contribution in [0.3, 0.4) is 0 Å². The molecule has 0 aliphatic rings. The predicted molar refractivity (Wildman–Crippen MR) is 117 cm³/mol. The van der Waals surface area contributed by atoms with Gasteiger partial charge in [0.05, 0.1) is 11.7 Å². The maximum Gasteiger partial charge on any atom is 0.289 e. The smallest absolute Gasteiger partial charge is 0.289 e. The van der Waals surface area contributed by atoms with Gasteiger partial charge in [-0.3, -0.25) is 20.4 Å². The van der Waals surface area contributed by atoms with E-state index >= 15 is 0 Å². The molecule has 0 spiro atoms. The summed E-state index contributed by atoms with van der Waals surface area (Å²) >= 11 is 1.35. The molecule has 4 rings (SSSR count). The van der Waals surface area contributed by atoms with Gasteiger partial charge in [-0.15, -0.1) is 11.3 Å². The van der Waals surface area contributed by atoms with Crippen LogP contribution in [0.1, 0.15) is 34.7 Å². The van der Waals surface area contributed by atoms with E-state index in [1.165, 1.54) is 11.3 Å². The van der Waals surface area contributed by atoms with Crippen LogP contribution in [-0.4, -0.2) is 27.9 Å². The zero-order valence-corrected chi connectivity index (χ0v) is 17.2. The summed E-state index contributed by atoms with van der Waals surface area (Å²) < 4.78 is 5.64. The molecule has 152 valence electrons. The van der Waals surface area contributed by atoms with Gasteiger partial charge in [0.1, 0.15) is 16.5 Å². The van der Waals surface area contributed by atoms with E-state index in [0.717, 1.165) is 22.2 Å². The Morgan fingerprint density at radius 3 is 2.53 bits per heavy atom. The van der Waals surface area contributed by atoms with E-state index in [9.17, 15) is 9.59 Å².